The summed E-state index contributed by atoms with van der Waals surface area (Å²) in [7, 11) is 0. The molecule has 4 aromatic carbocycles. The van der Waals surface area contributed by atoms with E-state index in [0.717, 1.165) is 54.1 Å². The number of hydrogen-bond acceptors (Lipinski definition) is 4. The van der Waals surface area contributed by atoms with Crippen molar-refractivity contribution in [3.63, 3.8) is 0 Å². The van der Waals surface area contributed by atoms with Crippen LogP contribution in [0.1, 0.15) is 59.3 Å². The monoisotopic (exact) mass is 603 g/mol. The van der Waals surface area contributed by atoms with E-state index in [1.165, 1.54) is 28.6 Å². The van der Waals surface area contributed by atoms with Gasteiger partial charge in [-0.3, -0.25) is 9.59 Å². The number of benzene rings is 4. The maximum atomic E-state index is 13.7. The summed E-state index contributed by atoms with van der Waals surface area (Å²) >= 11 is 1.49. The first-order valence-corrected chi connectivity index (χ1v) is 16.4. The lowest BCUT2D eigenvalue weighted by molar-refractivity contribution is -0.114. The summed E-state index contributed by atoms with van der Waals surface area (Å²) in [6.45, 7) is 9.23. The van der Waals surface area contributed by atoms with E-state index in [1.807, 2.05) is 59.5 Å². The van der Waals surface area contributed by atoms with Gasteiger partial charge in [-0.2, -0.15) is 0 Å². The van der Waals surface area contributed by atoms with Crippen LogP contribution in [-0.4, -0.2) is 31.4 Å². The third-order valence-electron chi connectivity index (χ3n) is 7.74. The summed E-state index contributed by atoms with van der Waals surface area (Å²) in [5.41, 5.74) is 7.31. The van der Waals surface area contributed by atoms with Gasteiger partial charge < -0.3 is 15.1 Å². The number of carbonyl (C=O) groups is 2. The minimum absolute atomic E-state index is 0.0193. The first kappa shape index (κ1) is 31.1. The van der Waals surface area contributed by atoms with E-state index in [1.54, 1.807) is 0 Å². The van der Waals surface area contributed by atoms with Crippen LogP contribution in [0, 0.1) is 6.92 Å². The highest BCUT2D eigenvalue weighted by Crippen LogP contribution is 2.42. The fourth-order valence-electron chi connectivity index (χ4n) is 5.62. The smallest absolute Gasteiger partial charge is 0.265 e. The number of nitrogens with one attached hydrogen (secondary N) is 1. The van der Waals surface area contributed by atoms with Crippen molar-refractivity contribution in [2.45, 2.75) is 51.5 Å². The van der Waals surface area contributed by atoms with Gasteiger partial charge in [-0.15, -0.1) is 0 Å². The van der Waals surface area contributed by atoms with Gasteiger partial charge in [0, 0.05) is 35.8 Å². The highest BCUT2D eigenvalue weighted by molar-refractivity contribution is 8.04. The highest BCUT2D eigenvalue weighted by Gasteiger charge is 2.29. The zero-order valence-electron chi connectivity index (χ0n) is 25.9. The number of nitrogens with zero attached hydrogens (tertiary/aromatic N) is 2. The van der Waals surface area contributed by atoms with Gasteiger partial charge in [0.15, 0.2) is 0 Å². The van der Waals surface area contributed by atoms with Crippen LogP contribution >= 0.6 is 11.8 Å². The molecule has 5 rings (SSSR count). The van der Waals surface area contributed by atoms with E-state index >= 15 is 0 Å². The lowest BCUT2D eigenvalue weighted by atomic mass is 10.1. The Labute approximate surface area is 266 Å². The van der Waals surface area contributed by atoms with Gasteiger partial charge in [-0.1, -0.05) is 104 Å². The van der Waals surface area contributed by atoms with Gasteiger partial charge in [0.05, 0.1) is 17.1 Å². The zero-order valence-corrected chi connectivity index (χ0v) is 26.7. The Morgan fingerprint density at radius 1 is 0.886 bits per heavy atom. The number of amides is 2. The molecule has 1 aliphatic heterocycles. The van der Waals surface area contributed by atoms with Gasteiger partial charge in [0.25, 0.3) is 11.8 Å². The molecule has 0 radical (unpaired) electrons. The SMILES string of the molecule is CCCc1ccccc1N(CCC)CCNC(=O)c1ccc(C=C2Sc3ccccc3N(Cc3cccc(C)c3)C2=O)cc1. The van der Waals surface area contributed by atoms with Crippen molar-refractivity contribution in [1.29, 1.82) is 0 Å². The van der Waals surface area contributed by atoms with Crippen LogP contribution in [0.15, 0.2) is 107 Å². The molecule has 1 N–H and O–H groups in total. The lowest BCUT2D eigenvalue weighted by Gasteiger charge is -2.30. The first-order chi connectivity index (χ1) is 21.5. The second kappa shape index (κ2) is 14.9. The van der Waals surface area contributed by atoms with Gasteiger partial charge in [0.1, 0.15) is 0 Å². The standard InChI is InChI=1S/C38H41N3O2S/c1-4-11-31-14-6-7-15-33(31)40(23-5-2)24-22-39-37(42)32-20-18-29(19-21-32)26-36-38(43)41(27-30-13-10-12-28(3)25-30)34-16-8-9-17-35(34)44-36/h6-10,12-21,25-26H,4-5,11,22-24,27H2,1-3H3,(H,39,42). The first-order valence-electron chi connectivity index (χ1n) is 15.5. The van der Waals surface area contributed by atoms with Crippen LogP contribution in [0.2, 0.25) is 0 Å². The molecule has 0 fully saturated rings. The molecule has 0 aliphatic carbocycles. The number of rotatable bonds is 12. The number of carbonyl (C=O) groups excluding carboxylic acids is 2. The van der Waals surface area contributed by atoms with E-state index in [0.29, 0.717) is 23.6 Å². The third-order valence-corrected chi connectivity index (χ3v) is 8.82. The Hall–Kier alpha value is -4.29. The van der Waals surface area contributed by atoms with Gasteiger partial charge in [0.2, 0.25) is 0 Å². The molecule has 44 heavy (non-hydrogen) atoms. The van der Waals surface area contributed by atoms with Crippen LogP contribution in [0.4, 0.5) is 11.4 Å². The number of anilines is 2. The molecular formula is C38H41N3O2S. The van der Waals surface area contributed by atoms with E-state index in [4.69, 9.17) is 0 Å². The lowest BCUT2D eigenvalue weighted by Crippen LogP contribution is -2.36. The van der Waals surface area contributed by atoms with Crippen molar-refractivity contribution in [3.8, 4) is 0 Å². The van der Waals surface area contributed by atoms with E-state index in [9.17, 15) is 9.59 Å². The largest absolute Gasteiger partial charge is 0.370 e. The summed E-state index contributed by atoms with van der Waals surface area (Å²) in [6.07, 6.45) is 5.12. The van der Waals surface area contributed by atoms with Crippen molar-refractivity contribution in [2.24, 2.45) is 0 Å². The van der Waals surface area contributed by atoms with Crippen LogP contribution in [-0.2, 0) is 17.8 Å². The molecule has 1 heterocycles. The van der Waals surface area contributed by atoms with Crippen LogP contribution < -0.4 is 15.1 Å². The highest BCUT2D eigenvalue weighted by atomic mass is 32.2. The Morgan fingerprint density at radius 3 is 2.43 bits per heavy atom. The van der Waals surface area contributed by atoms with Gasteiger partial charge >= 0.3 is 0 Å². The molecule has 1 aliphatic rings. The average Bonchev–Trinajstić information content (AvgIpc) is 3.03. The van der Waals surface area contributed by atoms with Crippen molar-refractivity contribution >= 4 is 41.0 Å². The molecule has 0 saturated carbocycles. The van der Waals surface area contributed by atoms with Crippen LogP contribution in [0.25, 0.3) is 6.08 Å². The fraction of sp³-hybridized carbons (Fsp3) is 0.263. The molecule has 0 bridgehead atoms. The van der Waals surface area contributed by atoms with E-state index < -0.39 is 0 Å². The normalized spacial score (nSPS) is 13.6. The predicted molar refractivity (Wildman–Crippen MR) is 184 cm³/mol. The molecule has 5 nitrogen and oxygen atoms in total. The van der Waals surface area contributed by atoms with Crippen molar-refractivity contribution in [1.82, 2.24) is 5.32 Å². The summed E-state index contributed by atoms with van der Waals surface area (Å²) in [4.78, 5) is 32.7. The van der Waals surface area contributed by atoms with E-state index in [2.05, 4.69) is 79.5 Å². The summed E-state index contributed by atoms with van der Waals surface area (Å²) in [5, 5.41) is 3.10. The number of para-hydroxylation sites is 2. The number of fused-ring (bicyclic) bond motifs is 1. The molecule has 0 unspecified atom stereocenters. The Balaban J connectivity index is 1.25. The quantitative estimate of drug-likeness (QED) is 0.166. The maximum absolute atomic E-state index is 13.7. The third kappa shape index (κ3) is 7.61. The molecule has 2 amide bonds. The van der Waals surface area contributed by atoms with Crippen LogP contribution in [0.5, 0.6) is 0 Å². The number of hydrogen-bond donors (Lipinski definition) is 1. The molecule has 6 heteroatoms. The maximum Gasteiger partial charge on any atom is 0.265 e. The fourth-order valence-corrected chi connectivity index (χ4v) is 6.68. The number of aryl methyl sites for hydroxylation is 2. The average molecular weight is 604 g/mol. The second-order valence-corrected chi connectivity index (χ2v) is 12.3. The summed E-state index contributed by atoms with van der Waals surface area (Å²) < 4.78 is 0. The predicted octanol–water partition coefficient (Wildman–Crippen LogP) is 8.27. The van der Waals surface area contributed by atoms with Crippen molar-refractivity contribution < 1.29 is 9.59 Å². The van der Waals surface area contributed by atoms with E-state index in [-0.39, 0.29) is 11.8 Å². The Kier molecular flexibility index (Phi) is 10.6. The molecule has 4 aromatic rings. The number of thioether (sulfide) groups is 1. The second-order valence-electron chi connectivity index (χ2n) is 11.2. The van der Waals surface area contributed by atoms with Gasteiger partial charge in [-0.05, 0) is 72.9 Å². The van der Waals surface area contributed by atoms with Gasteiger partial charge in [-0.25, -0.2) is 0 Å². The molecular weight excluding hydrogens is 563 g/mol. The Bertz CT molecular complexity index is 1630. The Morgan fingerprint density at radius 2 is 1.66 bits per heavy atom. The summed E-state index contributed by atoms with van der Waals surface area (Å²) in [5.74, 6) is -0.113. The van der Waals surface area contributed by atoms with Crippen molar-refractivity contribution in [2.75, 3.05) is 29.4 Å². The molecule has 0 atom stereocenters. The molecule has 0 aromatic heterocycles. The zero-order chi connectivity index (χ0) is 30.9. The molecule has 0 spiro atoms. The topological polar surface area (TPSA) is 52.7 Å². The minimum Gasteiger partial charge on any atom is -0.370 e. The molecule has 226 valence electrons. The van der Waals surface area contributed by atoms with Crippen molar-refractivity contribution in [3.05, 3.63) is 130 Å². The molecule has 0 saturated heterocycles. The van der Waals surface area contributed by atoms with Crippen LogP contribution in [0.3, 0.4) is 0 Å². The summed E-state index contributed by atoms with van der Waals surface area (Å²) in [6, 6.07) is 32.4. The minimum atomic E-state index is -0.0936.